The van der Waals surface area contributed by atoms with Crippen molar-refractivity contribution in [3.05, 3.63) is 34.9 Å². The number of ether oxygens (including phenoxy) is 2. The standard InChI is InChI=1S/C23H26N2O2/c1-25-9-8-23-17-11-16-14(12-24)4-3-5-15(16)22(23)27-21-19(26-2)7-6-13(20(21)23)10-18(17)25/h5-7,14,16-18,22H,3-4,8-11H2,1-2H3/t14-,16+,17+,18+,22+,23+/m1/s1. The van der Waals surface area contributed by atoms with E-state index in [2.05, 4.69) is 36.2 Å². The quantitative estimate of drug-likeness (QED) is 0.718. The smallest absolute Gasteiger partial charge is 0.166 e. The molecule has 4 nitrogen and oxygen atoms in total. The number of benzene rings is 1. The number of hydrogen-bond donors (Lipinski definition) is 0. The number of allylic oxidation sites excluding steroid dienone is 1. The van der Waals surface area contributed by atoms with Gasteiger partial charge in [0.05, 0.1) is 19.1 Å². The van der Waals surface area contributed by atoms with Crippen LogP contribution in [0, 0.1) is 29.1 Å². The van der Waals surface area contributed by atoms with Crippen LogP contribution in [0.2, 0.25) is 0 Å². The van der Waals surface area contributed by atoms with Crippen molar-refractivity contribution in [3.63, 3.8) is 0 Å². The summed E-state index contributed by atoms with van der Waals surface area (Å²) in [6.07, 6.45) is 7.88. The highest BCUT2D eigenvalue weighted by atomic mass is 16.5. The number of nitrogens with zero attached hydrogens (tertiary/aromatic N) is 2. The molecule has 140 valence electrons. The number of nitriles is 1. The third-order valence-corrected chi connectivity index (χ3v) is 8.34. The average Bonchev–Trinajstić information content (AvgIpc) is 3.04. The zero-order valence-electron chi connectivity index (χ0n) is 16.1. The molecule has 0 amide bonds. The van der Waals surface area contributed by atoms with Crippen molar-refractivity contribution >= 4 is 0 Å². The highest BCUT2D eigenvalue weighted by molar-refractivity contribution is 5.63. The highest BCUT2D eigenvalue weighted by Crippen LogP contribution is 2.66. The molecule has 1 spiro atoms. The Bertz CT molecular complexity index is 900. The topological polar surface area (TPSA) is 45.5 Å². The van der Waals surface area contributed by atoms with E-state index in [9.17, 15) is 5.26 Å². The molecule has 0 unspecified atom stereocenters. The SMILES string of the molecule is COc1ccc2c3c1O[C@H]1C4=CCC[C@H](C#N)[C@@H]4C[C@H]4[C@H](C2)N(C)CC[C@]314. The molecule has 6 rings (SSSR count). The van der Waals surface area contributed by atoms with Gasteiger partial charge in [-0.25, -0.2) is 0 Å². The molecule has 1 saturated heterocycles. The molecule has 0 N–H and O–H groups in total. The molecular formula is C23H26N2O2. The lowest BCUT2D eigenvalue weighted by molar-refractivity contribution is -0.0403. The van der Waals surface area contributed by atoms with E-state index in [-0.39, 0.29) is 17.4 Å². The summed E-state index contributed by atoms with van der Waals surface area (Å²) in [7, 11) is 4.03. The number of fused-ring (bicyclic) bond motifs is 2. The van der Waals surface area contributed by atoms with Crippen molar-refractivity contribution in [3.8, 4) is 17.6 Å². The predicted molar refractivity (Wildman–Crippen MR) is 102 cm³/mol. The van der Waals surface area contributed by atoms with Gasteiger partial charge in [0.15, 0.2) is 11.5 Å². The second kappa shape index (κ2) is 5.29. The summed E-state index contributed by atoms with van der Waals surface area (Å²) in [5.41, 5.74) is 4.39. The second-order valence-corrected chi connectivity index (χ2v) is 9.14. The van der Waals surface area contributed by atoms with Gasteiger partial charge >= 0.3 is 0 Å². The Morgan fingerprint density at radius 3 is 3.07 bits per heavy atom. The number of rotatable bonds is 1. The number of likely N-dealkylation sites (tertiary alicyclic amines) is 1. The fourth-order valence-electron chi connectivity index (χ4n) is 7.22. The highest BCUT2D eigenvalue weighted by Gasteiger charge is 2.66. The van der Waals surface area contributed by atoms with E-state index >= 15 is 0 Å². The Morgan fingerprint density at radius 1 is 1.37 bits per heavy atom. The number of likely N-dealkylation sites (N-methyl/N-ethyl adjacent to an activating group) is 1. The van der Waals surface area contributed by atoms with Crippen LogP contribution in [0.4, 0.5) is 0 Å². The Morgan fingerprint density at radius 2 is 2.26 bits per heavy atom. The minimum Gasteiger partial charge on any atom is -0.493 e. The van der Waals surface area contributed by atoms with Gasteiger partial charge in [-0.3, -0.25) is 0 Å². The van der Waals surface area contributed by atoms with Crippen LogP contribution < -0.4 is 9.47 Å². The number of methoxy groups -OCH3 is 1. The maximum atomic E-state index is 9.80. The maximum absolute atomic E-state index is 9.80. The first-order valence-electron chi connectivity index (χ1n) is 10.4. The van der Waals surface area contributed by atoms with Crippen molar-refractivity contribution in [1.29, 1.82) is 5.26 Å². The molecule has 0 aromatic heterocycles. The monoisotopic (exact) mass is 362 g/mol. The van der Waals surface area contributed by atoms with Crippen LogP contribution in [-0.4, -0.2) is 37.7 Å². The van der Waals surface area contributed by atoms with Crippen LogP contribution in [0.25, 0.3) is 0 Å². The normalized spacial score (nSPS) is 40.9. The minimum atomic E-state index is 0.0777. The van der Waals surface area contributed by atoms with Crippen LogP contribution >= 0.6 is 0 Å². The Balaban J connectivity index is 1.61. The maximum Gasteiger partial charge on any atom is 0.166 e. The molecule has 6 atom stereocenters. The molecule has 2 heterocycles. The van der Waals surface area contributed by atoms with Gasteiger partial charge in [0.25, 0.3) is 0 Å². The average molecular weight is 362 g/mol. The Hall–Kier alpha value is -1.99. The number of piperidine rings is 1. The molecule has 4 heteroatoms. The zero-order valence-corrected chi connectivity index (χ0v) is 16.1. The first-order valence-corrected chi connectivity index (χ1v) is 10.4. The molecule has 2 fully saturated rings. The summed E-state index contributed by atoms with van der Waals surface area (Å²) in [4.78, 5) is 2.57. The second-order valence-electron chi connectivity index (χ2n) is 9.14. The van der Waals surface area contributed by atoms with Crippen molar-refractivity contribution in [2.45, 2.75) is 49.7 Å². The lowest BCUT2D eigenvalue weighted by Gasteiger charge is -2.60. The van der Waals surface area contributed by atoms with Crippen molar-refractivity contribution < 1.29 is 9.47 Å². The van der Waals surface area contributed by atoms with E-state index in [4.69, 9.17) is 9.47 Å². The van der Waals surface area contributed by atoms with Crippen LogP contribution in [0.3, 0.4) is 0 Å². The van der Waals surface area contributed by atoms with Crippen LogP contribution in [0.1, 0.15) is 36.8 Å². The van der Waals surface area contributed by atoms with Crippen LogP contribution in [0.5, 0.6) is 11.5 Å². The van der Waals surface area contributed by atoms with E-state index in [1.165, 1.54) is 16.7 Å². The van der Waals surface area contributed by atoms with Gasteiger partial charge < -0.3 is 14.4 Å². The molecule has 1 saturated carbocycles. The van der Waals surface area contributed by atoms with Gasteiger partial charge in [-0.15, -0.1) is 0 Å². The molecule has 1 aromatic carbocycles. The molecule has 2 bridgehead atoms. The van der Waals surface area contributed by atoms with E-state index in [1.807, 2.05) is 0 Å². The van der Waals surface area contributed by atoms with Crippen LogP contribution in [0.15, 0.2) is 23.8 Å². The summed E-state index contributed by atoms with van der Waals surface area (Å²) >= 11 is 0. The van der Waals surface area contributed by atoms with E-state index in [1.54, 1.807) is 7.11 Å². The summed E-state index contributed by atoms with van der Waals surface area (Å²) in [5.74, 6) is 2.94. The van der Waals surface area contributed by atoms with Crippen molar-refractivity contribution in [2.75, 3.05) is 20.7 Å². The van der Waals surface area contributed by atoms with E-state index in [0.717, 1.165) is 50.1 Å². The fourth-order valence-corrected chi connectivity index (χ4v) is 7.22. The van der Waals surface area contributed by atoms with Gasteiger partial charge in [-0.2, -0.15) is 5.26 Å². The Kier molecular flexibility index (Phi) is 3.14. The molecule has 0 radical (unpaired) electrons. The molecule has 27 heavy (non-hydrogen) atoms. The molecular weight excluding hydrogens is 336 g/mol. The number of hydrogen-bond acceptors (Lipinski definition) is 4. The fraction of sp³-hybridized carbons (Fsp3) is 0.609. The Labute approximate surface area is 160 Å². The molecule has 2 aliphatic heterocycles. The molecule has 5 aliphatic rings. The van der Waals surface area contributed by atoms with E-state index in [0.29, 0.717) is 17.9 Å². The van der Waals surface area contributed by atoms with Gasteiger partial charge in [-0.05, 0) is 74.7 Å². The summed E-state index contributed by atoms with van der Waals surface area (Å²) in [5, 5.41) is 9.80. The van der Waals surface area contributed by atoms with Gasteiger partial charge in [0, 0.05) is 17.0 Å². The lowest BCUT2D eigenvalue weighted by atomic mass is 9.48. The van der Waals surface area contributed by atoms with Gasteiger partial charge in [-0.1, -0.05) is 12.1 Å². The first kappa shape index (κ1) is 16.0. The molecule has 3 aliphatic carbocycles. The van der Waals surface area contributed by atoms with E-state index < -0.39 is 0 Å². The molecule has 1 aromatic rings. The summed E-state index contributed by atoms with van der Waals surface area (Å²) < 4.78 is 12.5. The zero-order chi connectivity index (χ0) is 18.3. The summed E-state index contributed by atoms with van der Waals surface area (Å²) in [6, 6.07) is 7.54. The van der Waals surface area contributed by atoms with Gasteiger partial charge in [0.2, 0.25) is 0 Å². The van der Waals surface area contributed by atoms with Gasteiger partial charge in [0.1, 0.15) is 6.10 Å². The van der Waals surface area contributed by atoms with Crippen LogP contribution in [-0.2, 0) is 11.8 Å². The predicted octanol–water partition coefficient (Wildman–Crippen LogP) is 3.45. The minimum absolute atomic E-state index is 0.0777. The largest absolute Gasteiger partial charge is 0.493 e. The lowest BCUT2D eigenvalue weighted by Crippen LogP contribution is -2.65. The third kappa shape index (κ3) is 1.77. The summed E-state index contributed by atoms with van der Waals surface area (Å²) in [6.45, 7) is 1.12. The first-order chi connectivity index (χ1) is 13.2. The van der Waals surface area contributed by atoms with Crippen molar-refractivity contribution in [2.24, 2.45) is 17.8 Å². The van der Waals surface area contributed by atoms with Crippen molar-refractivity contribution in [1.82, 2.24) is 4.90 Å². The third-order valence-electron chi connectivity index (χ3n) is 8.34.